The normalized spacial score (nSPS) is 12.8. The summed E-state index contributed by atoms with van der Waals surface area (Å²) in [7, 11) is 0. The molecule has 0 radical (unpaired) electrons. The number of furan rings is 1. The van der Waals surface area contributed by atoms with Crippen molar-refractivity contribution in [3.8, 4) is 0 Å². The molecule has 0 fully saturated rings. The standard InChI is InChI=1S/C56H34N2OS4/c1-2-13-37(14-3-1)57(39-25-28-52-54(33-39)62-50-20-10-8-18-48(50)60-52)41-31-45-44-16-6-7-17-47(44)59-56(45)46(32-41)58(38-24-27-43-36(30-38)23-22-35-12-4-5-15-42(35)43)40-26-29-53-55(34-40)63-51-21-11-9-19-49(51)61-53/h1-34H. The van der Waals surface area contributed by atoms with Crippen LogP contribution in [0, 0.1) is 0 Å². The van der Waals surface area contributed by atoms with Crippen molar-refractivity contribution >= 4 is 125 Å². The maximum Gasteiger partial charge on any atom is 0.159 e. The third kappa shape index (κ3) is 6.41. The molecule has 0 saturated carbocycles. The first-order chi connectivity index (χ1) is 31.2. The fourth-order valence-corrected chi connectivity index (χ4v) is 13.5. The summed E-state index contributed by atoms with van der Waals surface area (Å²) < 4.78 is 6.99. The smallest absolute Gasteiger partial charge is 0.159 e. The van der Waals surface area contributed by atoms with Gasteiger partial charge in [-0.05, 0) is 125 Å². The Balaban J connectivity index is 1.06. The molecular weight excluding hydrogens is 845 g/mol. The molecule has 2 aliphatic rings. The van der Waals surface area contributed by atoms with E-state index in [-0.39, 0.29) is 0 Å². The average Bonchev–Trinajstić information content (AvgIpc) is 3.72. The maximum atomic E-state index is 6.99. The lowest BCUT2D eigenvalue weighted by Crippen LogP contribution is -2.14. The van der Waals surface area contributed by atoms with Crippen molar-refractivity contribution in [1.29, 1.82) is 0 Å². The van der Waals surface area contributed by atoms with E-state index in [0.29, 0.717) is 0 Å². The van der Waals surface area contributed by atoms with Gasteiger partial charge in [0.15, 0.2) is 5.58 Å². The van der Waals surface area contributed by atoms with Crippen LogP contribution in [0.3, 0.4) is 0 Å². The molecule has 0 saturated heterocycles. The third-order valence-corrected chi connectivity index (χ3v) is 17.0. The van der Waals surface area contributed by atoms with Crippen LogP contribution >= 0.6 is 47.0 Å². The summed E-state index contributed by atoms with van der Waals surface area (Å²) in [5.41, 5.74) is 7.99. The molecule has 0 bridgehead atoms. The summed E-state index contributed by atoms with van der Waals surface area (Å²) in [5, 5.41) is 7.04. The number of nitrogens with zero attached hydrogens (tertiary/aromatic N) is 2. The number of hydrogen-bond donors (Lipinski definition) is 0. The highest BCUT2D eigenvalue weighted by molar-refractivity contribution is 8.05. The first-order valence-electron chi connectivity index (χ1n) is 20.9. The van der Waals surface area contributed by atoms with E-state index in [9.17, 15) is 0 Å². The average molecular weight is 879 g/mol. The molecule has 3 heterocycles. The molecule has 0 N–H and O–H groups in total. The van der Waals surface area contributed by atoms with Gasteiger partial charge in [-0.3, -0.25) is 0 Å². The van der Waals surface area contributed by atoms with Crippen LogP contribution in [0.4, 0.5) is 34.1 Å². The molecule has 10 aromatic carbocycles. The zero-order chi connectivity index (χ0) is 41.4. The van der Waals surface area contributed by atoms with Crippen LogP contribution in [0.25, 0.3) is 43.5 Å². The van der Waals surface area contributed by atoms with Gasteiger partial charge in [-0.25, -0.2) is 0 Å². The van der Waals surface area contributed by atoms with Crippen LogP contribution in [0.1, 0.15) is 0 Å². The van der Waals surface area contributed by atoms with E-state index in [1.807, 2.05) is 47.0 Å². The van der Waals surface area contributed by atoms with Crippen LogP contribution in [-0.2, 0) is 0 Å². The molecule has 2 aliphatic heterocycles. The molecule has 1 aromatic heterocycles. The number of hydrogen-bond acceptors (Lipinski definition) is 7. The van der Waals surface area contributed by atoms with Gasteiger partial charge in [0.05, 0.1) is 5.69 Å². The van der Waals surface area contributed by atoms with E-state index in [0.717, 1.165) is 56.1 Å². The SMILES string of the molecule is c1ccc(N(c2ccc3c(c2)Sc2ccccc2S3)c2cc(N(c3ccc4c(c3)Sc3ccccc3S4)c3ccc4c(ccc5ccccc54)c3)c3oc4ccccc4c3c2)cc1. The molecule has 13 rings (SSSR count). The monoisotopic (exact) mass is 878 g/mol. The van der Waals surface area contributed by atoms with Gasteiger partial charge in [0.25, 0.3) is 0 Å². The molecule has 11 aromatic rings. The lowest BCUT2D eigenvalue weighted by molar-refractivity contribution is 0.669. The van der Waals surface area contributed by atoms with Crippen LogP contribution in [0.2, 0.25) is 0 Å². The van der Waals surface area contributed by atoms with Gasteiger partial charge < -0.3 is 14.2 Å². The van der Waals surface area contributed by atoms with Gasteiger partial charge in [0.2, 0.25) is 0 Å². The van der Waals surface area contributed by atoms with Gasteiger partial charge in [-0.2, -0.15) is 0 Å². The van der Waals surface area contributed by atoms with Crippen molar-refractivity contribution in [3.63, 3.8) is 0 Å². The molecule has 63 heavy (non-hydrogen) atoms. The minimum atomic E-state index is 0.839. The Morgan fingerprint density at radius 3 is 1.49 bits per heavy atom. The van der Waals surface area contributed by atoms with Gasteiger partial charge in [0, 0.05) is 78.4 Å². The Bertz CT molecular complexity index is 3620. The number of rotatable bonds is 6. The Hall–Kier alpha value is -6.48. The number of para-hydroxylation sites is 2. The molecule has 3 nitrogen and oxygen atoms in total. The molecule has 0 spiro atoms. The van der Waals surface area contributed by atoms with Crippen molar-refractivity contribution in [2.75, 3.05) is 9.80 Å². The highest BCUT2D eigenvalue weighted by Crippen LogP contribution is 2.54. The summed E-state index contributed by atoms with van der Waals surface area (Å²) in [6.07, 6.45) is 0. The summed E-state index contributed by atoms with van der Waals surface area (Å²) in [6.45, 7) is 0. The van der Waals surface area contributed by atoms with Crippen LogP contribution in [0.15, 0.2) is 250 Å². The summed E-state index contributed by atoms with van der Waals surface area (Å²) in [5.74, 6) is 0. The first-order valence-corrected chi connectivity index (χ1v) is 24.1. The zero-order valence-corrected chi connectivity index (χ0v) is 36.8. The highest BCUT2D eigenvalue weighted by atomic mass is 32.2. The summed E-state index contributed by atoms with van der Waals surface area (Å²) in [4.78, 5) is 15.0. The van der Waals surface area contributed by atoms with Gasteiger partial charge in [-0.1, -0.05) is 150 Å². The highest BCUT2D eigenvalue weighted by Gasteiger charge is 2.27. The van der Waals surface area contributed by atoms with Gasteiger partial charge in [-0.15, -0.1) is 0 Å². The van der Waals surface area contributed by atoms with E-state index in [4.69, 9.17) is 4.42 Å². The van der Waals surface area contributed by atoms with Crippen molar-refractivity contribution in [1.82, 2.24) is 0 Å². The minimum Gasteiger partial charge on any atom is -0.454 e. The lowest BCUT2D eigenvalue weighted by Gasteiger charge is -2.31. The molecule has 7 heteroatoms. The molecule has 0 unspecified atom stereocenters. The van der Waals surface area contributed by atoms with Crippen LogP contribution < -0.4 is 9.80 Å². The second-order valence-corrected chi connectivity index (χ2v) is 20.0. The predicted molar refractivity (Wildman–Crippen MR) is 267 cm³/mol. The topological polar surface area (TPSA) is 19.6 Å². The number of benzene rings is 10. The van der Waals surface area contributed by atoms with E-state index >= 15 is 0 Å². The summed E-state index contributed by atoms with van der Waals surface area (Å²) in [6, 6.07) is 75.1. The van der Waals surface area contributed by atoms with Crippen LogP contribution in [0.5, 0.6) is 0 Å². The molecular formula is C56H34N2OS4. The van der Waals surface area contributed by atoms with Gasteiger partial charge >= 0.3 is 0 Å². The largest absolute Gasteiger partial charge is 0.454 e. The molecule has 0 aliphatic carbocycles. The number of fused-ring (bicyclic) bond motifs is 10. The Kier molecular flexibility index (Phi) is 8.90. The molecule has 0 amide bonds. The second-order valence-electron chi connectivity index (χ2n) is 15.7. The third-order valence-electron chi connectivity index (χ3n) is 11.9. The Morgan fingerprint density at radius 1 is 0.286 bits per heavy atom. The maximum absolute atomic E-state index is 6.99. The van der Waals surface area contributed by atoms with Crippen molar-refractivity contribution < 1.29 is 4.42 Å². The molecule has 298 valence electrons. The van der Waals surface area contributed by atoms with Crippen LogP contribution in [-0.4, -0.2) is 0 Å². The molecule has 0 atom stereocenters. The first kappa shape index (κ1) is 37.1. The quantitative estimate of drug-likeness (QED) is 0.153. The lowest BCUT2D eigenvalue weighted by atomic mass is 10.0. The Labute approximate surface area is 381 Å². The van der Waals surface area contributed by atoms with E-state index in [1.165, 1.54) is 60.7 Å². The van der Waals surface area contributed by atoms with Gasteiger partial charge in [0.1, 0.15) is 5.58 Å². The van der Waals surface area contributed by atoms with Crippen molar-refractivity contribution in [2.24, 2.45) is 0 Å². The zero-order valence-electron chi connectivity index (χ0n) is 33.6. The summed E-state index contributed by atoms with van der Waals surface area (Å²) >= 11 is 7.38. The second kappa shape index (κ2) is 15.1. The van der Waals surface area contributed by atoms with E-state index < -0.39 is 0 Å². The van der Waals surface area contributed by atoms with Crippen molar-refractivity contribution in [2.45, 2.75) is 39.2 Å². The fourth-order valence-electron chi connectivity index (χ4n) is 8.99. The number of anilines is 6. The Morgan fingerprint density at radius 2 is 0.794 bits per heavy atom. The van der Waals surface area contributed by atoms with E-state index in [2.05, 4.69) is 216 Å². The van der Waals surface area contributed by atoms with Crippen molar-refractivity contribution in [3.05, 3.63) is 206 Å². The minimum absolute atomic E-state index is 0.839. The fraction of sp³-hybridized carbons (Fsp3) is 0. The predicted octanol–water partition coefficient (Wildman–Crippen LogP) is 18.1. The van der Waals surface area contributed by atoms with E-state index in [1.54, 1.807) is 0 Å².